The molecule has 1 saturated carbocycles. The zero-order chi connectivity index (χ0) is 14.4. The Morgan fingerprint density at radius 3 is 2.60 bits per heavy atom. The Hall–Kier alpha value is -1.55. The minimum atomic E-state index is 0.131. The van der Waals surface area contributed by atoms with Crippen LogP contribution in [0.25, 0.3) is 0 Å². The number of carbonyl (C=O) groups excluding carboxylic acids is 1. The topological polar surface area (TPSA) is 64.3 Å². The molecule has 0 aliphatic heterocycles. The number of methoxy groups -OCH3 is 1. The van der Waals surface area contributed by atoms with Gasteiger partial charge in [-0.15, -0.1) is 0 Å². The molecule has 4 nitrogen and oxygen atoms in total. The number of ether oxygens (including phenoxy) is 1. The fourth-order valence-electron chi connectivity index (χ4n) is 2.39. The van der Waals surface area contributed by atoms with Gasteiger partial charge >= 0.3 is 0 Å². The van der Waals surface area contributed by atoms with Crippen LogP contribution in [0.4, 0.5) is 0 Å². The standard InChI is InChI=1S/C16H24N2O2/c1-20-14-9-7-13(8-10-14)16(12-5-6-12)18-15(19)4-2-3-11-17/h7-10,12,16H,2-6,11,17H2,1H3,(H,18,19). The van der Waals surface area contributed by atoms with Crippen molar-refractivity contribution in [3.05, 3.63) is 29.8 Å². The van der Waals surface area contributed by atoms with Gasteiger partial charge in [-0.25, -0.2) is 0 Å². The molecule has 1 unspecified atom stereocenters. The van der Waals surface area contributed by atoms with Gasteiger partial charge in [0.05, 0.1) is 13.2 Å². The fraction of sp³-hybridized carbons (Fsp3) is 0.562. The van der Waals surface area contributed by atoms with E-state index in [1.54, 1.807) is 7.11 Å². The Morgan fingerprint density at radius 1 is 1.35 bits per heavy atom. The first kappa shape index (κ1) is 14.9. The Bertz CT molecular complexity index is 427. The molecular weight excluding hydrogens is 252 g/mol. The molecule has 1 aromatic carbocycles. The van der Waals surface area contributed by atoms with Crippen LogP contribution in [-0.2, 0) is 4.79 Å². The predicted octanol–water partition coefficient (Wildman–Crippen LogP) is 2.39. The summed E-state index contributed by atoms with van der Waals surface area (Å²) in [7, 11) is 1.66. The van der Waals surface area contributed by atoms with Crippen LogP contribution < -0.4 is 15.8 Å². The smallest absolute Gasteiger partial charge is 0.220 e. The minimum Gasteiger partial charge on any atom is -0.497 e. The number of nitrogens with two attached hydrogens (primary N) is 1. The lowest BCUT2D eigenvalue weighted by atomic mass is 10.0. The SMILES string of the molecule is COc1ccc(C(NC(=O)CCCCN)C2CC2)cc1. The van der Waals surface area contributed by atoms with E-state index in [0.717, 1.165) is 18.6 Å². The lowest BCUT2D eigenvalue weighted by molar-refractivity contribution is -0.122. The molecule has 1 aliphatic rings. The van der Waals surface area contributed by atoms with Gasteiger partial charge in [-0.2, -0.15) is 0 Å². The molecular formula is C16H24N2O2. The molecule has 1 aliphatic carbocycles. The van der Waals surface area contributed by atoms with Crippen molar-refractivity contribution < 1.29 is 9.53 Å². The first-order valence-corrected chi connectivity index (χ1v) is 7.38. The molecule has 2 rings (SSSR count). The van der Waals surface area contributed by atoms with Gasteiger partial charge in [0.1, 0.15) is 5.75 Å². The lowest BCUT2D eigenvalue weighted by Gasteiger charge is -2.19. The molecule has 1 amide bonds. The first-order chi connectivity index (χ1) is 9.74. The van der Waals surface area contributed by atoms with Gasteiger partial charge in [0.15, 0.2) is 0 Å². The molecule has 0 radical (unpaired) electrons. The molecule has 20 heavy (non-hydrogen) atoms. The highest BCUT2D eigenvalue weighted by atomic mass is 16.5. The third-order valence-electron chi connectivity index (χ3n) is 3.74. The fourth-order valence-corrected chi connectivity index (χ4v) is 2.39. The second kappa shape index (κ2) is 7.29. The highest BCUT2D eigenvalue weighted by molar-refractivity contribution is 5.76. The van der Waals surface area contributed by atoms with Crippen molar-refractivity contribution in [3.8, 4) is 5.75 Å². The summed E-state index contributed by atoms with van der Waals surface area (Å²) in [5.41, 5.74) is 6.62. The van der Waals surface area contributed by atoms with Gasteiger partial charge in [-0.1, -0.05) is 12.1 Å². The number of amides is 1. The van der Waals surface area contributed by atoms with Gasteiger partial charge < -0.3 is 15.8 Å². The van der Waals surface area contributed by atoms with Gasteiger partial charge in [0.2, 0.25) is 5.91 Å². The van der Waals surface area contributed by atoms with Crippen molar-refractivity contribution in [3.63, 3.8) is 0 Å². The quantitative estimate of drug-likeness (QED) is 0.717. The van der Waals surface area contributed by atoms with Crippen LogP contribution in [0.1, 0.15) is 43.7 Å². The maximum atomic E-state index is 12.0. The average Bonchev–Trinajstić information content (AvgIpc) is 3.30. The van der Waals surface area contributed by atoms with E-state index >= 15 is 0 Å². The largest absolute Gasteiger partial charge is 0.497 e. The zero-order valence-electron chi connectivity index (χ0n) is 12.1. The number of rotatable bonds is 8. The molecule has 0 saturated heterocycles. The van der Waals surface area contributed by atoms with Crippen molar-refractivity contribution in [2.45, 2.75) is 38.1 Å². The summed E-state index contributed by atoms with van der Waals surface area (Å²) in [4.78, 5) is 12.0. The predicted molar refractivity (Wildman–Crippen MR) is 79.5 cm³/mol. The molecule has 1 atom stereocenters. The van der Waals surface area contributed by atoms with E-state index in [2.05, 4.69) is 5.32 Å². The van der Waals surface area contributed by atoms with Gasteiger partial charge in [0, 0.05) is 6.42 Å². The zero-order valence-corrected chi connectivity index (χ0v) is 12.1. The molecule has 1 fully saturated rings. The molecule has 0 aromatic heterocycles. The minimum absolute atomic E-state index is 0.131. The van der Waals surface area contributed by atoms with E-state index in [1.165, 1.54) is 18.4 Å². The Morgan fingerprint density at radius 2 is 2.05 bits per heavy atom. The van der Waals surface area contributed by atoms with E-state index in [-0.39, 0.29) is 11.9 Å². The van der Waals surface area contributed by atoms with Gasteiger partial charge in [-0.3, -0.25) is 4.79 Å². The van der Waals surface area contributed by atoms with Crippen molar-refractivity contribution in [2.75, 3.05) is 13.7 Å². The number of benzene rings is 1. The van der Waals surface area contributed by atoms with E-state index in [1.807, 2.05) is 24.3 Å². The van der Waals surface area contributed by atoms with Crippen LogP contribution in [-0.4, -0.2) is 19.6 Å². The highest BCUT2D eigenvalue weighted by Crippen LogP contribution is 2.41. The molecule has 0 spiro atoms. The van der Waals surface area contributed by atoms with Crippen molar-refractivity contribution in [2.24, 2.45) is 11.7 Å². The normalized spacial score (nSPS) is 15.7. The molecule has 4 heteroatoms. The molecule has 1 aromatic rings. The molecule has 110 valence electrons. The first-order valence-electron chi connectivity index (χ1n) is 7.38. The summed E-state index contributed by atoms with van der Waals surface area (Å²) >= 11 is 0. The summed E-state index contributed by atoms with van der Waals surface area (Å²) < 4.78 is 5.17. The second-order valence-corrected chi connectivity index (χ2v) is 5.40. The average molecular weight is 276 g/mol. The van der Waals surface area contributed by atoms with Gasteiger partial charge in [0.25, 0.3) is 0 Å². The van der Waals surface area contributed by atoms with Crippen LogP contribution in [0.15, 0.2) is 24.3 Å². The maximum absolute atomic E-state index is 12.0. The summed E-state index contributed by atoms with van der Waals surface area (Å²) in [6, 6.07) is 8.13. The van der Waals surface area contributed by atoms with Gasteiger partial charge in [-0.05, 0) is 55.8 Å². The Kier molecular flexibility index (Phi) is 5.41. The third kappa shape index (κ3) is 4.23. The summed E-state index contributed by atoms with van der Waals surface area (Å²) in [6.45, 7) is 0.651. The highest BCUT2D eigenvalue weighted by Gasteiger charge is 2.33. The maximum Gasteiger partial charge on any atom is 0.220 e. The van der Waals surface area contributed by atoms with Crippen molar-refractivity contribution in [1.82, 2.24) is 5.32 Å². The van der Waals surface area contributed by atoms with E-state index in [4.69, 9.17) is 10.5 Å². The van der Waals surface area contributed by atoms with Crippen LogP contribution in [0, 0.1) is 5.92 Å². The molecule has 3 N–H and O–H groups in total. The Balaban J connectivity index is 1.94. The molecule has 0 heterocycles. The monoisotopic (exact) mass is 276 g/mol. The Labute approximate surface area is 120 Å². The van der Waals surface area contributed by atoms with Crippen molar-refractivity contribution >= 4 is 5.91 Å². The van der Waals surface area contributed by atoms with Crippen LogP contribution in [0.2, 0.25) is 0 Å². The number of hydrogen-bond acceptors (Lipinski definition) is 3. The van der Waals surface area contributed by atoms with E-state index in [9.17, 15) is 4.79 Å². The number of hydrogen-bond donors (Lipinski definition) is 2. The molecule has 0 bridgehead atoms. The summed E-state index contributed by atoms with van der Waals surface area (Å²) in [5, 5.41) is 3.17. The second-order valence-electron chi connectivity index (χ2n) is 5.40. The van der Waals surface area contributed by atoms with E-state index in [0.29, 0.717) is 18.9 Å². The third-order valence-corrected chi connectivity index (χ3v) is 3.74. The lowest BCUT2D eigenvalue weighted by Crippen LogP contribution is -2.29. The van der Waals surface area contributed by atoms with E-state index < -0.39 is 0 Å². The summed E-state index contributed by atoms with van der Waals surface area (Å²) in [5.74, 6) is 1.56. The number of unbranched alkanes of at least 4 members (excludes halogenated alkanes) is 1. The van der Waals surface area contributed by atoms with Crippen LogP contribution >= 0.6 is 0 Å². The van der Waals surface area contributed by atoms with Crippen LogP contribution in [0.5, 0.6) is 5.75 Å². The number of nitrogens with one attached hydrogen (secondary N) is 1. The van der Waals surface area contributed by atoms with Crippen molar-refractivity contribution in [1.29, 1.82) is 0 Å². The summed E-state index contributed by atoms with van der Waals surface area (Å²) in [6.07, 6.45) is 4.72. The van der Waals surface area contributed by atoms with Crippen LogP contribution in [0.3, 0.4) is 0 Å². The number of carbonyl (C=O) groups is 1.